The second-order valence-corrected chi connectivity index (χ2v) is 27.8. The molecular formula is C72H102ClN7O11. The van der Waals surface area contributed by atoms with E-state index in [0.29, 0.717) is 70.5 Å². The predicted octanol–water partition coefficient (Wildman–Crippen LogP) is 11.4. The molecule has 0 spiro atoms. The van der Waals surface area contributed by atoms with Crippen LogP contribution >= 0.6 is 11.6 Å². The van der Waals surface area contributed by atoms with Gasteiger partial charge in [-0.15, -0.1) is 0 Å². The van der Waals surface area contributed by atoms with Crippen LogP contribution in [0.3, 0.4) is 0 Å². The van der Waals surface area contributed by atoms with E-state index < -0.39 is 11.6 Å². The third-order valence-corrected chi connectivity index (χ3v) is 19.9. The summed E-state index contributed by atoms with van der Waals surface area (Å²) in [5.41, 5.74) is 24.5. The van der Waals surface area contributed by atoms with E-state index in [1.54, 1.807) is 37.1 Å². The molecule has 3 aromatic rings. The van der Waals surface area contributed by atoms with Gasteiger partial charge in [0.1, 0.15) is 12.2 Å². The number of rotatable bonds is 14. The van der Waals surface area contributed by atoms with Crippen LogP contribution < -0.4 is 22.1 Å². The van der Waals surface area contributed by atoms with Gasteiger partial charge < -0.3 is 61.5 Å². The molecule has 2 aliphatic heterocycles. The maximum Gasteiger partial charge on any atom is 0.192 e. The molecule has 19 heteroatoms. The summed E-state index contributed by atoms with van der Waals surface area (Å²) >= 11 is 5.97. The van der Waals surface area contributed by atoms with Gasteiger partial charge in [0.2, 0.25) is 0 Å². The highest BCUT2D eigenvalue weighted by Crippen LogP contribution is 2.44. The zero-order valence-electron chi connectivity index (χ0n) is 54.7. The zero-order valence-corrected chi connectivity index (χ0v) is 55.5. The van der Waals surface area contributed by atoms with Gasteiger partial charge >= 0.3 is 0 Å². The summed E-state index contributed by atoms with van der Waals surface area (Å²) in [7, 11) is 0. The lowest BCUT2D eigenvalue weighted by atomic mass is 10.00. The van der Waals surface area contributed by atoms with Gasteiger partial charge in [0, 0.05) is 122 Å². The number of nitrogens with two attached hydrogens (primary N) is 2. The minimum absolute atomic E-state index is 0. The van der Waals surface area contributed by atoms with Crippen LogP contribution in [0, 0.1) is 35.5 Å². The van der Waals surface area contributed by atoms with Crippen LogP contribution in [0.15, 0.2) is 124 Å². The number of ketones is 3. The Morgan fingerprint density at radius 1 is 0.527 bits per heavy atom. The normalized spacial score (nSPS) is 30.5. The number of nitrogens with zero attached hydrogens (tertiary/aromatic N) is 3. The molecule has 10 N–H and O–H groups in total. The first-order valence-electron chi connectivity index (χ1n) is 32.1. The van der Waals surface area contributed by atoms with Crippen molar-refractivity contribution < 1.29 is 53.8 Å². The molecular weight excluding hydrogens is 1170 g/mol. The van der Waals surface area contributed by atoms with E-state index in [4.69, 9.17) is 52.2 Å². The van der Waals surface area contributed by atoms with Crippen molar-refractivity contribution in [3.63, 3.8) is 0 Å². The number of hydrogen-bond donors (Lipinski definition) is 8. The largest absolute Gasteiger partial charge is 0.396 e. The molecule has 9 aliphatic rings. The lowest BCUT2D eigenvalue weighted by molar-refractivity contribution is -0.159. The number of ether oxygens (including phenoxy) is 4. The highest BCUT2D eigenvalue weighted by molar-refractivity contribution is 6.35. The van der Waals surface area contributed by atoms with E-state index in [2.05, 4.69) is 53.3 Å². The highest BCUT2D eigenvalue weighted by atomic mass is 35.5. The minimum atomic E-state index is -0.671. The van der Waals surface area contributed by atoms with Gasteiger partial charge in [-0.3, -0.25) is 29.3 Å². The molecule has 2 saturated heterocycles. The first kappa shape index (κ1) is 72.8. The minimum Gasteiger partial charge on any atom is -0.396 e. The average molecular weight is 1280 g/mol. The number of fused-ring (bicyclic) bond motifs is 2. The van der Waals surface area contributed by atoms with Crippen molar-refractivity contribution in [1.29, 1.82) is 0 Å². The summed E-state index contributed by atoms with van der Waals surface area (Å²) in [6.45, 7) is 24.9. The van der Waals surface area contributed by atoms with E-state index in [0.717, 1.165) is 85.0 Å². The molecule has 5 heterocycles. The van der Waals surface area contributed by atoms with Crippen LogP contribution in [0.4, 0.5) is 11.4 Å². The molecule has 4 saturated carbocycles. The molecule has 7 aliphatic carbocycles. The van der Waals surface area contributed by atoms with Gasteiger partial charge in [0.25, 0.3) is 0 Å². The van der Waals surface area contributed by atoms with Crippen LogP contribution in [-0.2, 0) is 18.9 Å². The van der Waals surface area contributed by atoms with Gasteiger partial charge in [-0.1, -0.05) is 84.5 Å². The van der Waals surface area contributed by atoms with Gasteiger partial charge in [0.15, 0.2) is 28.9 Å². The van der Waals surface area contributed by atoms with E-state index >= 15 is 0 Å². The highest BCUT2D eigenvalue weighted by Gasteiger charge is 2.54. The number of aromatic nitrogens is 3. The van der Waals surface area contributed by atoms with E-state index in [1.807, 2.05) is 85.8 Å². The SMILES string of the molecule is C.CC1(C)O[C@@H]2[C@@H](CO)C[C@@H](N)[C@@H]2O1.CC1=C(C)CC(C(=O)c2cnccc2Cl)=C1.CC1=C(C)CC(C(=O)c2cnccc2N[C@@H]2C[C@H](CO)[C@@H](C)C2)=C1.CC1=C(C)CC(C(=O)c2cnccc2N[C@@H]2C[C@H](CO)[C@H]3OC(C)(C)O[C@H]32)=C1.C[C@H]1C[C@H](N)C[C@@H]1CO. The Morgan fingerprint density at radius 3 is 1.34 bits per heavy atom. The molecule has 0 bridgehead atoms. The van der Waals surface area contributed by atoms with Crippen molar-refractivity contribution in [2.75, 3.05) is 37.1 Å². The summed E-state index contributed by atoms with van der Waals surface area (Å²) in [6, 6.07) is 5.95. The third-order valence-electron chi connectivity index (χ3n) is 19.6. The van der Waals surface area contributed by atoms with Crippen molar-refractivity contribution in [3.05, 3.63) is 145 Å². The number of hydrogen-bond acceptors (Lipinski definition) is 18. The lowest BCUT2D eigenvalue weighted by Crippen LogP contribution is -2.34. The topological polar surface area (TPSA) is 284 Å². The van der Waals surface area contributed by atoms with E-state index in [9.17, 15) is 24.6 Å². The standard InChI is InChI=1S/C22H28N2O4.C20H26N2O2.C13H12ClNO.C9H17NO3.C7H15NO.CH4/c1-12-7-14(8-13(12)2)19(26)16-10-23-6-5-17(16)24-18-9-15(11-25)20-21(18)28-22(3,4)27-20;1-12-6-15(7-13(12)2)20(24)18-10-21-5-4-19(18)22-17-8-14(3)16(9-17)11-23;1-8-5-10(6-9(8)2)13(16)11-7-15-4-3-12(11)14;1-9(2)12-7-5(4-11)3-6(10)8(7)13-9;1-5-2-7(8)3-6(5)4-9;/h5-7,10,15,18,20-21,25H,8-9,11H2,1-4H3,(H,23,24);4-6,10,14,16-17,23H,7-9,11H2,1-3H3,(H,21,22);3-5,7H,6H2,1-2H3;5-8,11H,3-4,10H2,1-2H3;5-7,9H,2-4,8H2,1H3;1H4/t15-,18-,20-,21+;14-,16+,17-;;5-,6-,7-,8+;5-,6+,7-;/m10.10./s1. The van der Waals surface area contributed by atoms with Crippen molar-refractivity contribution >= 4 is 40.3 Å². The summed E-state index contributed by atoms with van der Waals surface area (Å²) < 4.78 is 23.5. The Kier molecular flexibility index (Phi) is 25.2. The van der Waals surface area contributed by atoms with Crippen LogP contribution in [0.2, 0.25) is 5.02 Å². The number of pyridine rings is 3. The molecule has 0 amide bonds. The lowest BCUT2D eigenvalue weighted by Gasteiger charge is -2.24. The Labute approximate surface area is 544 Å². The first-order chi connectivity index (χ1) is 42.6. The smallest absolute Gasteiger partial charge is 0.192 e. The van der Waals surface area contributed by atoms with Gasteiger partial charge in [0.05, 0.1) is 40.0 Å². The maximum atomic E-state index is 13.1. The number of anilines is 2. The fourth-order valence-corrected chi connectivity index (χ4v) is 14.2. The molecule has 12 rings (SSSR count). The summed E-state index contributed by atoms with van der Waals surface area (Å²) in [6.07, 6.45) is 23.0. The molecule has 14 atom stereocenters. The summed E-state index contributed by atoms with van der Waals surface area (Å²) in [5, 5.41) is 44.6. The Bertz CT molecular complexity index is 3280. The van der Waals surface area contributed by atoms with E-state index in [1.165, 1.54) is 34.1 Å². The Balaban J connectivity index is 0.000000169. The molecule has 6 fully saturated rings. The number of aliphatic hydroxyl groups is 4. The average Bonchev–Trinajstić information content (AvgIpc) is 1.64. The van der Waals surface area contributed by atoms with E-state index in [-0.39, 0.29) is 92.9 Å². The monoisotopic (exact) mass is 1280 g/mol. The van der Waals surface area contributed by atoms with Gasteiger partial charge in [-0.25, -0.2) is 0 Å². The Hall–Kier alpha value is -5.61. The number of carbonyl (C=O) groups is 3. The van der Waals surface area contributed by atoms with Crippen molar-refractivity contribution in [1.82, 2.24) is 15.0 Å². The summed E-state index contributed by atoms with van der Waals surface area (Å²) in [4.78, 5) is 50.4. The number of Topliss-reactive ketones (excluding diaryl/α,β-unsaturated/α-hetero) is 3. The van der Waals surface area contributed by atoms with Gasteiger partial charge in [-0.05, 0) is 169 Å². The van der Waals surface area contributed by atoms with Crippen LogP contribution in [-0.4, -0.2) is 139 Å². The molecule has 498 valence electrons. The third kappa shape index (κ3) is 17.8. The number of halogens is 1. The van der Waals surface area contributed by atoms with Crippen molar-refractivity contribution in [3.8, 4) is 0 Å². The number of aliphatic hydroxyl groups excluding tert-OH is 4. The second-order valence-electron chi connectivity index (χ2n) is 27.4. The molecule has 0 unspecified atom stereocenters. The first-order valence-corrected chi connectivity index (χ1v) is 32.4. The molecule has 91 heavy (non-hydrogen) atoms. The van der Waals surface area contributed by atoms with Crippen LogP contribution in [0.5, 0.6) is 0 Å². The molecule has 18 nitrogen and oxygen atoms in total. The Morgan fingerprint density at radius 2 is 0.923 bits per heavy atom. The number of nitrogens with one attached hydrogen (secondary N) is 2. The van der Waals surface area contributed by atoms with Crippen LogP contribution in [0.25, 0.3) is 0 Å². The molecule has 3 aromatic heterocycles. The van der Waals surface area contributed by atoms with Gasteiger partial charge in [-0.2, -0.15) is 0 Å². The quantitative estimate of drug-likeness (QED) is 0.0696. The second kappa shape index (κ2) is 31.5. The maximum absolute atomic E-state index is 13.1. The molecule has 0 aromatic carbocycles. The van der Waals surface area contributed by atoms with Crippen molar-refractivity contribution in [2.24, 2.45) is 47.0 Å². The number of carbonyl (C=O) groups excluding carboxylic acids is 3. The fourth-order valence-electron chi connectivity index (χ4n) is 14.0. The zero-order chi connectivity index (χ0) is 65.5. The van der Waals surface area contributed by atoms with Crippen LogP contribution in [0.1, 0.15) is 179 Å². The fraction of sp³-hybridized carbons (Fsp3) is 0.583. The molecule has 0 radical (unpaired) electrons. The number of allylic oxidation sites excluding steroid dienone is 12. The van der Waals surface area contributed by atoms with Crippen molar-refractivity contribution in [2.45, 2.75) is 208 Å². The summed E-state index contributed by atoms with van der Waals surface area (Å²) in [5.74, 6) is 0.931. The predicted molar refractivity (Wildman–Crippen MR) is 357 cm³/mol.